The molecule has 21 heteroatoms. The Bertz CT molecular complexity index is 1880. The van der Waals surface area contributed by atoms with Gasteiger partial charge in [0.2, 0.25) is 6.10 Å². The molecular weight excluding hydrogens is 824 g/mol. The van der Waals surface area contributed by atoms with Gasteiger partial charge < -0.3 is 58.0 Å². The van der Waals surface area contributed by atoms with Crippen molar-refractivity contribution in [3.8, 4) is 0 Å². The summed E-state index contributed by atoms with van der Waals surface area (Å²) in [6, 6.07) is 16.0. The number of alkyl carbamates (subject to hydrolysis) is 1. The molecule has 0 unspecified atom stereocenters. The number of carbonyl (C=O) groups excluding carboxylic acids is 9. The Labute approximate surface area is 356 Å². The van der Waals surface area contributed by atoms with Gasteiger partial charge in [0.25, 0.3) is 5.91 Å². The first kappa shape index (κ1) is 49.8. The lowest BCUT2D eigenvalue weighted by molar-refractivity contribution is -0.273. The van der Waals surface area contributed by atoms with Crippen LogP contribution in [0, 0.1) is 0 Å². The minimum absolute atomic E-state index is 0.125. The molecule has 1 fully saturated rings. The second kappa shape index (κ2) is 24.6. The molecule has 0 radical (unpaired) electrons. The summed E-state index contributed by atoms with van der Waals surface area (Å²) < 4.78 is 55.2. The molecule has 2 amide bonds. The number of ether oxygens (including phenoxy) is 10. The fourth-order valence-corrected chi connectivity index (χ4v) is 6.08. The van der Waals surface area contributed by atoms with Crippen LogP contribution in [0.25, 0.3) is 0 Å². The quantitative estimate of drug-likeness (QED) is 0.141. The molecule has 1 aliphatic rings. The van der Waals surface area contributed by atoms with Crippen LogP contribution in [-0.2, 0) is 98.9 Å². The molecule has 0 aliphatic carbocycles. The minimum atomic E-state index is -2.19. The lowest BCUT2D eigenvalue weighted by Crippen LogP contribution is -2.67. The predicted octanol–water partition coefficient (Wildman–Crippen LogP) is 1.49. The summed E-state index contributed by atoms with van der Waals surface area (Å²) in [5, 5.41) is 5.03. The van der Waals surface area contributed by atoms with Gasteiger partial charge in [-0.2, -0.15) is 0 Å². The number of nitrogens with one attached hydrogen (secondary N) is 2. The van der Waals surface area contributed by atoms with Crippen molar-refractivity contribution in [2.75, 3.05) is 13.2 Å². The largest absolute Gasteiger partial charge is 0.462 e. The van der Waals surface area contributed by atoms with Crippen molar-refractivity contribution in [3.63, 3.8) is 0 Å². The van der Waals surface area contributed by atoms with Crippen LogP contribution in [0.15, 0.2) is 60.7 Å². The normalized spacial score (nSPS) is 20.0. The van der Waals surface area contributed by atoms with E-state index < -0.39 is 122 Å². The van der Waals surface area contributed by atoms with Crippen molar-refractivity contribution in [1.29, 1.82) is 0 Å². The van der Waals surface area contributed by atoms with E-state index in [0.717, 1.165) is 48.5 Å². The first-order valence-corrected chi connectivity index (χ1v) is 19.1. The van der Waals surface area contributed by atoms with Crippen LogP contribution in [0.5, 0.6) is 0 Å². The molecule has 3 rings (SSSR count). The van der Waals surface area contributed by atoms with Crippen molar-refractivity contribution in [2.24, 2.45) is 0 Å². The second-order valence-corrected chi connectivity index (χ2v) is 13.6. The highest BCUT2D eigenvalue weighted by Crippen LogP contribution is 2.29. The van der Waals surface area contributed by atoms with Gasteiger partial charge in [-0.3, -0.25) is 38.4 Å². The van der Waals surface area contributed by atoms with Crippen molar-refractivity contribution in [1.82, 2.24) is 10.6 Å². The average molecular weight is 875 g/mol. The van der Waals surface area contributed by atoms with Crippen LogP contribution in [0.1, 0.15) is 59.6 Å². The fourth-order valence-electron chi connectivity index (χ4n) is 6.08. The van der Waals surface area contributed by atoms with E-state index in [9.17, 15) is 43.2 Å². The van der Waals surface area contributed by atoms with Gasteiger partial charge in [-0.15, -0.1) is 0 Å². The van der Waals surface area contributed by atoms with Crippen LogP contribution >= 0.6 is 0 Å². The molecule has 9 atom stereocenters. The number of hydrogen-bond donors (Lipinski definition) is 2. The number of carbonyl (C=O) groups is 9. The van der Waals surface area contributed by atoms with E-state index in [1.807, 2.05) is 0 Å². The SMILES string of the molecule is CC(=O)OC[C@H](OC(C)=O)[C@@H](OC(C)=O)[C@H](OC(C)=O)[C@H](OC(C)=O)C(=O)NC[C@H]1O[C@H](OCc2ccccc2)[C@H](NC(=O)OCc2ccccc2)[C@@H](OC(C)=O)[C@@H]1OC(C)=O. The maximum Gasteiger partial charge on any atom is 0.407 e. The zero-order chi connectivity index (χ0) is 45.9. The molecular formula is C41H50N2O19. The zero-order valence-electron chi connectivity index (χ0n) is 35.1. The number of amides is 2. The molecule has 2 aromatic rings. The van der Waals surface area contributed by atoms with E-state index >= 15 is 0 Å². The maximum atomic E-state index is 14.2. The molecule has 21 nitrogen and oxygen atoms in total. The second-order valence-electron chi connectivity index (χ2n) is 13.6. The molecule has 1 heterocycles. The lowest BCUT2D eigenvalue weighted by atomic mass is 9.95. The Balaban J connectivity index is 2.05. The van der Waals surface area contributed by atoms with Crippen LogP contribution in [0.2, 0.25) is 0 Å². The van der Waals surface area contributed by atoms with Gasteiger partial charge in [0.1, 0.15) is 25.4 Å². The Morgan fingerprint density at radius 2 is 1.10 bits per heavy atom. The third-order valence-corrected chi connectivity index (χ3v) is 8.39. The Kier molecular flexibility index (Phi) is 19.7. The fraction of sp³-hybridized carbons (Fsp3) is 0.488. The van der Waals surface area contributed by atoms with Crippen LogP contribution < -0.4 is 10.6 Å². The number of benzene rings is 2. The number of esters is 7. The number of hydrogen-bond acceptors (Lipinski definition) is 19. The van der Waals surface area contributed by atoms with Crippen LogP contribution in [-0.4, -0.2) is 122 Å². The molecule has 1 saturated heterocycles. The van der Waals surface area contributed by atoms with E-state index in [0.29, 0.717) is 11.1 Å². The standard InChI is InChI=1S/C41H50N2O19/c1-22(44)53-21-32(56-23(2)45)35(58-25(4)47)37(60-27(6)49)38(61-28(7)50)39(51)42-18-31-34(57-24(3)46)36(59-26(5)48)33(40(62-31)54-19-29-14-10-8-11-15-29)43-41(52)55-20-30-16-12-9-13-17-30/h8-17,31-38,40H,18-21H2,1-7H3,(H,42,51)(H,43,52)/t31-,32+,33-,34-,35-,36-,37+,38+,40+/m1/s1. The summed E-state index contributed by atoms with van der Waals surface area (Å²) in [6.45, 7) is 5.16. The number of rotatable bonds is 20. The first-order valence-electron chi connectivity index (χ1n) is 19.1. The van der Waals surface area contributed by atoms with Gasteiger partial charge in [-0.05, 0) is 11.1 Å². The first-order chi connectivity index (χ1) is 29.3. The van der Waals surface area contributed by atoms with Crippen molar-refractivity contribution >= 4 is 53.8 Å². The summed E-state index contributed by atoms with van der Waals surface area (Å²) >= 11 is 0. The molecule has 338 valence electrons. The Morgan fingerprint density at radius 3 is 1.61 bits per heavy atom. The van der Waals surface area contributed by atoms with Gasteiger partial charge >= 0.3 is 47.9 Å². The summed E-state index contributed by atoms with van der Waals surface area (Å²) in [7, 11) is 0. The molecule has 2 N–H and O–H groups in total. The van der Waals surface area contributed by atoms with Gasteiger partial charge in [-0.25, -0.2) is 4.79 Å². The van der Waals surface area contributed by atoms with Gasteiger partial charge in [0.15, 0.2) is 36.8 Å². The summed E-state index contributed by atoms with van der Waals surface area (Å²) in [5.74, 6) is -8.06. The Hall–Kier alpha value is -6.61. The highest BCUT2D eigenvalue weighted by molar-refractivity contribution is 5.85. The van der Waals surface area contributed by atoms with Crippen molar-refractivity contribution in [2.45, 2.75) is 117 Å². The van der Waals surface area contributed by atoms with E-state index in [2.05, 4.69) is 10.6 Å². The van der Waals surface area contributed by atoms with E-state index in [1.165, 1.54) is 0 Å². The molecule has 62 heavy (non-hydrogen) atoms. The van der Waals surface area contributed by atoms with Gasteiger partial charge in [0, 0.05) is 55.0 Å². The maximum absolute atomic E-state index is 14.2. The van der Waals surface area contributed by atoms with Crippen molar-refractivity contribution < 1.29 is 90.5 Å². The molecule has 0 aromatic heterocycles. The van der Waals surface area contributed by atoms with E-state index in [1.54, 1.807) is 60.7 Å². The smallest absolute Gasteiger partial charge is 0.407 e. The monoisotopic (exact) mass is 874 g/mol. The zero-order valence-corrected chi connectivity index (χ0v) is 35.1. The van der Waals surface area contributed by atoms with E-state index in [4.69, 9.17) is 47.4 Å². The van der Waals surface area contributed by atoms with E-state index in [-0.39, 0.29) is 13.2 Å². The van der Waals surface area contributed by atoms with Crippen LogP contribution in [0.3, 0.4) is 0 Å². The third-order valence-electron chi connectivity index (χ3n) is 8.39. The molecule has 0 spiro atoms. The summed E-state index contributed by atoms with van der Waals surface area (Å²) in [6.07, 6.45) is -15.0. The topological polar surface area (TPSA) is 270 Å². The summed E-state index contributed by atoms with van der Waals surface area (Å²) in [5.41, 5.74) is 1.30. The van der Waals surface area contributed by atoms with Crippen LogP contribution in [0.4, 0.5) is 4.79 Å². The van der Waals surface area contributed by atoms with Gasteiger partial charge in [-0.1, -0.05) is 60.7 Å². The Morgan fingerprint density at radius 1 is 0.581 bits per heavy atom. The highest BCUT2D eigenvalue weighted by atomic mass is 16.7. The molecule has 1 aliphatic heterocycles. The lowest BCUT2D eigenvalue weighted by Gasteiger charge is -2.45. The molecule has 2 aromatic carbocycles. The minimum Gasteiger partial charge on any atom is -0.462 e. The molecule has 0 bridgehead atoms. The molecule has 0 saturated carbocycles. The third kappa shape index (κ3) is 16.8. The highest BCUT2D eigenvalue weighted by Gasteiger charge is 2.52. The van der Waals surface area contributed by atoms with Gasteiger partial charge in [0.05, 0.1) is 6.61 Å². The average Bonchev–Trinajstić information content (AvgIpc) is 3.19. The predicted molar refractivity (Wildman–Crippen MR) is 206 cm³/mol. The van der Waals surface area contributed by atoms with Crippen molar-refractivity contribution in [3.05, 3.63) is 71.8 Å². The summed E-state index contributed by atoms with van der Waals surface area (Å²) in [4.78, 5) is 114.